The van der Waals surface area contributed by atoms with Gasteiger partial charge in [0.25, 0.3) is 0 Å². The Morgan fingerprint density at radius 2 is 1.35 bits per heavy atom. The van der Waals surface area contributed by atoms with Crippen molar-refractivity contribution < 1.29 is 8.53 Å². The third-order valence-corrected chi connectivity index (χ3v) is 9.84. The van der Waals surface area contributed by atoms with Crippen molar-refractivity contribution in [2.24, 2.45) is 0 Å². The minimum atomic E-state index is -2.37. The molecule has 0 amide bonds. The normalized spacial score (nSPS) is 13.3. The van der Waals surface area contributed by atoms with E-state index in [0.29, 0.717) is 28.2 Å². The first-order valence-corrected chi connectivity index (χ1v) is 17.0. The smallest absolute Gasteiger partial charge is 0.227 e. The Morgan fingerprint density at radius 3 is 2.12 bits per heavy atom. The highest BCUT2D eigenvalue weighted by Crippen LogP contribution is 2.43. The monoisotopic (exact) mass is 638 g/mol. The van der Waals surface area contributed by atoms with Gasteiger partial charge in [0.2, 0.25) is 5.71 Å². The Hall–Kier alpha value is -5.74. The van der Waals surface area contributed by atoms with Gasteiger partial charge in [-0.15, -0.1) is 0 Å². The highest BCUT2D eigenvalue weighted by atomic mass is 16.3. The van der Waals surface area contributed by atoms with Crippen LogP contribution in [0.1, 0.15) is 60.3 Å². The summed E-state index contributed by atoms with van der Waals surface area (Å²) in [6.07, 6.45) is 0. The molecular weight excluding hydrogens is 599 g/mol. The molecule has 0 saturated carbocycles. The molecule has 0 unspecified atom stereocenters. The van der Waals surface area contributed by atoms with Crippen molar-refractivity contribution in [1.29, 1.82) is 0 Å². The van der Waals surface area contributed by atoms with Crippen LogP contribution < -0.4 is 0 Å². The molecule has 49 heavy (non-hydrogen) atoms. The fourth-order valence-electron chi connectivity index (χ4n) is 7.44. The number of hydrogen-bond donors (Lipinski definition) is 0. The molecule has 3 heterocycles. The van der Waals surface area contributed by atoms with Crippen molar-refractivity contribution in [3.05, 3.63) is 138 Å². The quantitative estimate of drug-likeness (QED) is 0.176. The van der Waals surface area contributed by atoms with Gasteiger partial charge in [-0.25, -0.2) is 9.97 Å². The lowest BCUT2D eigenvalue weighted by Gasteiger charge is -2.24. The number of fused-ring (bicyclic) bond motifs is 7. The van der Waals surface area contributed by atoms with E-state index in [0.717, 1.165) is 66.0 Å². The lowest BCUT2D eigenvalue weighted by Crippen LogP contribution is -2.10. The second kappa shape index (κ2) is 11.2. The minimum Gasteiger partial charge on any atom is -0.437 e. The van der Waals surface area contributed by atoms with Gasteiger partial charge in [0, 0.05) is 25.7 Å². The van der Waals surface area contributed by atoms with E-state index in [4.69, 9.17) is 18.5 Å². The molecule has 0 saturated heterocycles. The van der Waals surface area contributed by atoms with Crippen LogP contribution >= 0.6 is 0 Å². The highest BCUT2D eigenvalue weighted by Gasteiger charge is 2.26. The number of aryl methyl sites for hydroxylation is 1. The van der Waals surface area contributed by atoms with Crippen molar-refractivity contribution in [3.8, 4) is 28.2 Å². The lowest BCUT2D eigenvalue weighted by molar-refractivity contribution is 0.656. The van der Waals surface area contributed by atoms with Crippen LogP contribution in [0.4, 0.5) is 0 Å². The fourth-order valence-corrected chi connectivity index (χ4v) is 7.44. The molecule has 0 bridgehead atoms. The zero-order valence-electron chi connectivity index (χ0n) is 31.0. The number of aromatic nitrogens is 3. The van der Waals surface area contributed by atoms with Crippen molar-refractivity contribution in [3.63, 3.8) is 0 Å². The third-order valence-electron chi connectivity index (χ3n) is 9.84. The summed E-state index contributed by atoms with van der Waals surface area (Å²) in [5, 5.41) is 5.08. The number of benzene rings is 6. The Bertz CT molecular complexity index is 2820. The summed E-state index contributed by atoms with van der Waals surface area (Å²) in [5.41, 5.74) is 9.78. The molecule has 0 atom stereocenters. The molecular formula is C45H37N3O. The topological polar surface area (TPSA) is 43.9 Å². The summed E-state index contributed by atoms with van der Waals surface area (Å²) in [5.74, 6) is 0.868. The summed E-state index contributed by atoms with van der Waals surface area (Å²) >= 11 is 0. The van der Waals surface area contributed by atoms with E-state index >= 15 is 0 Å². The fraction of sp³-hybridized carbons (Fsp3) is 0.156. The van der Waals surface area contributed by atoms with E-state index in [1.165, 1.54) is 0 Å². The maximum Gasteiger partial charge on any atom is 0.227 e. The van der Waals surface area contributed by atoms with Crippen LogP contribution in [-0.4, -0.2) is 14.5 Å². The Balaban J connectivity index is 1.40. The summed E-state index contributed by atoms with van der Waals surface area (Å²) in [4.78, 5) is 10.4. The molecule has 0 spiro atoms. The van der Waals surface area contributed by atoms with E-state index in [1.807, 2.05) is 36.4 Å². The predicted molar refractivity (Wildman–Crippen MR) is 205 cm³/mol. The molecule has 4 nitrogen and oxygen atoms in total. The largest absolute Gasteiger partial charge is 0.437 e. The number of para-hydroxylation sites is 2. The van der Waals surface area contributed by atoms with Crippen LogP contribution in [0, 0.1) is 6.85 Å². The number of rotatable bonds is 5. The van der Waals surface area contributed by atoms with Gasteiger partial charge in [-0.1, -0.05) is 119 Å². The summed E-state index contributed by atoms with van der Waals surface area (Å²) in [6, 6.07) is 41.1. The van der Waals surface area contributed by atoms with Crippen molar-refractivity contribution in [1.82, 2.24) is 14.5 Å². The van der Waals surface area contributed by atoms with Crippen molar-refractivity contribution in [2.75, 3.05) is 0 Å². The lowest BCUT2D eigenvalue weighted by atomic mass is 9.88. The Kier molecular flexibility index (Phi) is 5.98. The first-order valence-electron chi connectivity index (χ1n) is 18.5. The number of imidazole rings is 1. The van der Waals surface area contributed by atoms with Crippen LogP contribution in [-0.2, 0) is 0 Å². The molecule has 9 rings (SSSR count). The minimum absolute atomic E-state index is 0.120. The second-order valence-electron chi connectivity index (χ2n) is 13.6. The van der Waals surface area contributed by atoms with Crippen LogP contribution in [0.15, 0.2) is 126 Å². The van der Waals surface area contributed by atoms with Crippen LogP contribution in [0.5, 0.6) is 0 Å². The van der Waals surface area contributed by atoms with E-state index < -0.39 is 6.85 Å². The number of hydrogen-bond acceptors (Lipinski definition) is 3. The molecule has 0 aliphatic carbocycles. The Labute approximate surface area is 289 Å². The summed E-state index contributed by atoms with van der Waals surface area (Å²) in [6.45, 7) is 6.41. The van der Waals surface area contributed by atoms with Gasteiger partial charge in [0.1, 0.15) is 11.4 Å². The zero-order chi connectivity index (χ0) is 35.9. The van der Waals surface area contributed by atoms with Gasteiger partial charge in [-0.2, -0.15) is 0 Å². The maximum atomic E-state index is 8.65. The number of nitrogens with zero attached hydrogens (tertiary/aromatic N) is 3. The molecule has 3 aromatic heterocycles. The van der Waals surface area contributed by atoms with Crippen LogP contribution in [0.3, 0.4) is 0 Å². The second-order valence-corrected chi connectivity index (χ2v) is 13.6. The van der Waals surface area contributed by atoms with Crippen molar-refractivity contribution >= 4 is 54.8 Å². The maximum absolute atomic E-state index is 8.65. The van der Waals surface area contributed by atoms with E-state index in [9.17, 15) is 0 Å². The molecule has 4 heteroatoms. The van der Waals surface area contributed by atoms with Gasteiger partial charge in [0.05, 0.1) is 27.8 Å². The van der Waals surface area contributed by atoms with Crippen LogP contribution in [0.25, 0.3) is 83.0 Å². The highest BCUT2D eigenvalue weighted by molar-refractivity contribution is 6.14. The standard InChI is InChI=1S/C45H37N3O/c1-26(2)36-24-32(29-14-7-6-8-15-29)25-37(27(3)4)42(36)48-41-28(5)13-11-20-39(41)46-44(48)35-19-12-18-34-38-23-31-22-21-30-16-9-10-17-33(30)40(31)47-45(38)49-43(34)35/h6-27H,1-5H3/i5D3. The van der Waals surface area contributed by atoms with E-state index in [-0.39, 0.29) is 17.4 Å². The molecule has 238 valence electrons. The Morgan fingerprint density at radius 1 is 0.633 bits per heavy atom. The summed E-state index contributed by atoms with van der Waals surface area (Å²) in [7, 11) is 0. The molecule has 0 aliphatic rings. The number of furan rings is 1. The van der Waals surface area contributed by atoms with E-state index in [2.05, 4.69) is 105 Å². The van der Waals surface area contributed by atoms with Crippen LogP contribution in [0.2, 0.25) is 0 Å². The molecule has 6 aromatic carbocycles. The van der Waals surface area contributed by atoms with E-state index in [1.54, 1.807) is 12.1 Å². The average molecular weight is 639 g/mol. The van der Waals surface area contributed by atoms with Gasteiger partial charge >= 0.3 is 0 Å². The summed E-state index contributed by atoms with van der Waals surface area (Å²) < 4.78 is 34.8. The number of pyridine rings is 1. The van der Waals surface area contributed by atoms with Gasteiger partial charge in [-0.05, 0) is 82.2 Å². The molecule has 0 fully saturated rings. The first-order chi connectivity index (χ1) is 25.1. The first kappa shape index (κ1) is 26.2. The molecule has 9 aromatic rings. The predicted octanol–water partition coefficient (Wildman–Crippen LogP) is 12.5. The zero-order valence-corrected chi connectivity index (χ0v) is 28.0. The SMILES string of the molecule is [2H]C([2H])([2H])c1cccc2nc(-c3cccc4c3oc3nc5c(ccc6ccccc65)cc34)n(-c3c(C(C)C)cc(-c4ccccc4)cc3C(C)C)c12. The van der Waals surface area contributed by atoms with Gasteiger partial charge in [0.15, 0.2) is 0 Å². The van der Waals surface area contributed by atoms with Gasteiger partial charge < -0.3 is 4.42 Å². The van der Waals surface area contributed by atoms with Gasteiger partial charge in [-0.3, -0.25) is 4.57 Å². The average Bonchev–Trinajstić information content (AvgIpc) is 3.71. The molecule has 0 aliphatic heterocycles. The third kappa shape index (κ3) is 4.58. The molecule has 0 radical (unpaired) electrons. The molecule has 0 N–H and O–H groups in total. The van der Waals surface area contributed by atoms with Crippen molar-refractivity contribution in [2.45, 2.75) is 46.4 Å².